The fourth-order valence-corrected chi connectivity index (χ4v) is 1.70. The molecule has 0 amide bonds. The first-order chi connectivity index (χ1) is 9.51. The van der Waals surface area contributed by atoms with Gasteiger partial charge in [-0.2, -0.15) is 0 Å². The van der Waals surface area contributed by atoms with Crippen molar-refractivity contribution in [3.63, 3.8) is 0 Å². The summed E-state index contributed by atoms with van der Waals surface area (Å²) in [4.78, 5) is 11.5. The molecule has 2 aromatic carbocycles. The maximum Gasteiger partial charge on any atom is 0.340 e. The highest BCUT2D eigenvalue weighted by molar-refractivity contribution is 5.95. The number of carbonyl (C=O) groups excluding carboxylic acids is 1. The summed E-state index contributed by atoms with van der Waals surface area (Å²) >= 11 is 0. The minimum Gasteiger partial charge on any atom is -0.465 e. The number of aryl methyl sites for hydroxylation is 1. The number of esters is 1. The Kier molecular flexibility index (Phi) is 3.89. The first-order valence-corrected chi connectivity index (χ1v) is 5.93. The molecule has 5 heteroatoms. The number of rotatable bonds is 3. The van der Waals surface area contributed by atoms with Crippen molar-refractivity contribution in [2.45, 2.75) is 6.92 Å². The normalized spacial score (nSPS) is 10.2. The van der Waals surface area contributed by atoms with E-state index >= 15 is 0 Å². The van der Waals surface area contributed by atoms with Crippen molar-refractivity contribution in [3.8, 4) is 11.5 Å². The van der Waals surface area contributed by atoms with E-state index in [1.165, 1.54) is 25.3 Å². The molecule has 0 saturated carbocycles. The van der Waals surface area contributed by atoms with Crippen molar-refractivity contribution < 1.29 is 18.7 Å². The second-order valence-corrected chi connectivity index (χ2v) is 4.28. The van der Waals surface area contributed by atoms with Gasteiger partial charge < -0.3 is 15.2 Å². The van der Waals surface area contributed by atoms with Gasteiger partial charge in [-0.3, -0.25) is 0 Å². The van der Waals surface area contributed by atoms with Gasteiger partial charge in [0.1, 0.15) is 5.75 Å². The lowest BCUT2D eigenvalue weighted by atomic mass is 10.1. The molecule has 0 bridgehead atoms. The number of carbonyl (C=O) groups is 1. The van der Waals surface area contributed by atoms with Crippen LogP contribution in [-0.2, 0) is 4.74 Å². The van der Waals surface area contributed by atoms with E-state index in [1.807, 2.05) is 6.92 Å². The van der Waals surface area contributed by atoms with E-state index in [9.17, 15) is 9.18 Å². The highest BCUT2D eigenvalue weighted by atomic mass is 19.1. The van der Waals surface area contributed by atoms with E-state index in [0.29, 0.717) is 5.75 Å². The molecule has 4 nitrogen and oxygen atoms in total. The van der Waals surface area contributed by atoms with Gasteiger partial charge in [0, 0.05) is 5.69 Å². The zero-order valence-electron chi connectivity index (χ0n) is 11.1. The predicted molar refractivity (Wildman–Crippen MR) is 73.4 cm³/mol. The third kappa shape index (κ3) is 2.88. The van der Waals surface area contributed by atoms with Crippen molar-refractivity contribution >= 4 is 11.7 Å². The van der Waals surface area contributed by atoms with E-state index in [2.05, 4.69) is 4.74 Å². The first-order valence-electron chi connectivity index (χ1n) is 5.93. The zero-order valence-corrected chi connectivity index (χ0v) is 11.1. The number of hydrogen-bond acceptors (Lipinski definition) is 4. The number of methoxy groups -OCH3 is 1. The Balaban J connectivity index is 2.34. The molecule has 0 spiro atoms. The van der Waals surface area contributed by atoms with Crippen LogP contribution >= 0.6 is 0 Å². The Labute approximate surface area is 115 Å². The number of halogens is 1. The summed E-state index contributed by atoms with van der Waals surface area (Å²) in [7, 11) is 1.26. The molecule has 104 valence electrons. The molecule has 0 aliphatic heterocycles. The Hall–Kier alpha value is -2.56. The molecule has 0 heterocycles. The molecule has 0 aliphatic carbocycles. The number of nitrogens with two attached hydrogens (primary N) is 1. The van der Waals surface area contributed by atoms with Gasteiger partial charge in [0.15, 0.2) is 11.6 Å². The molecule has 0 aliphatic rings. The smallest absolute Gasteiger partial charge is 0.340 e. The molecular formula is C15H14FNO3. The van der Waals surface area contributed by atoms with Crippen molar-refractivity contribution in [3.05, 3.63) is 53.3 Å². The summed E-state index contributed by atoms with van der Waals surface area (Å²) < 4.78 is 23.7. The first kappa shape index (κ1) is 13.9. The van der Waals surface area contributed by atoms with Gasteiger partial charge in [0.05, 0.1) is 12.7 Å². The van der Waals surface area contributed by atoms with Crippen LogP contribution < -0.4 is 10.5 Å². The van der Waals surface area contributed by atoms with Crippen LogP contribution in [0.3, 0.4) is 0 Å². The standard InChI is InChI=1S/C15H14FNO3/c1-9-3-5-12(16)14(7-9)20-10-4-6-13(17)11(8-10)15(18)19-2/h3-8H,17H2,1-2H3. The molecule has 0 fully saturated rings. The maximum absolute atomic E-state index is 13.6. The molecule has 0 aromatic heterocycles. The minimum absolute atomic E-state index is 0.0885. The Morgan fingerprint density at radius 2 is 1.95 bits per heavy atom. The largest absolute Gasteiger partial charge is 0.465 e. The van der Waals surface area contributed by atoms with Crippen molar-refractivity contribution in [1.82, 2.24) is 0 Å². The summed E-state index contributed by atoms with van der Waals surface area (Å²) in [5, 5.41) is 0. The SMILES string of the molecule is COC(=O)c1cc(Oc2cc(C)ccc2F)ccc1N. The second-order valence-electron chi connectivity index (χ2n) is 4.28. The number of nitrogen functional groups attached to an aromatic ring is 1. The van der Waals surface area contributed by atoms with E-state index < -0.39 is 11.8 Å². The number of ether oxygens (including phenoxy) is 2. The van der Waals surface area contributed by atoms with E-state index in [4.69, 9.17) is 10.5 Å². The summed E-state index contributed by atoms with van der Waals surface area (Å²) in [6.07, 6.45) is 0. The molecule has 20 heavy (non-hydrogen) atoms. The van der Waals surface area contributed by atoms with Crippen LogP contribution in [0, 0.1) is 12.7 Å². The van der Waals surface area contributed by atoms with Crippen LogP contribution in [0.15, 0.2) is 36.4 Å². The van der Waals surface area contributed by atoms with Crippen LogP contribution in [0.5, 0.6) is 11.5 Å². The fourth-order valence-electron chi connectivity index (χ4n) is 1.70. The number of hydrogen-bond donors (Lipinski definition) is 1. The topological polar surface area (TPSA) is 61.5 Å². The third-order valence-electron chi connectivity index (χ3n) is 2.74. The lowest BCUT2D eigenvalue weighted by Crippen LogP contribution is -2.05. The summed E-state index contributed by atoms with van der Waals surface area (Å²) in [5.74, 6) is -0.653. The highest BCUT2D eigenvalue weighted by Gasteiger charge is 2.12. The predicted octanol–water partition coefficient (Wildman–Crippen LogP) is 3.30. The zero-order chi connectivity index (χ0) is 14.7. The summed E-state index contributed by atoms with van der Waals surface area (Å²) in [5.41, 5.74) is 7.00. The second kappa shape index (κ2) is 5.61. The van der Waals surface area contributed by atoms with Gasteiger partial charge in [-0.15, -0.1) is 0 Å². The van der Waals surface area contributed by atoms with E-state index in [1.54, 1.807) is 18.2 Å². The van der Waals surface area contributed by atoms with Crippen molar-refractivity contribution in [2.75, 3.05) is 12.8 Å². The lowest BCUT2D eigenvalue weighted by Gasteiger charge is -2.10. The average Bonchev–Trinajstić information content (AvgIpc) is 2.44. The molecule has 2 rings (SSSR count). The van der Waals surface area contributed by atoms with Gasteiger partial charge >= 0.3 is 5.97 Å². The number of anilines is 1. The fraction of sp³-hybridized carbons (Fsp3) is 0.133. The van der Waals surface area contributed by atoms with Gasteiger partial charge in [0.2, 0.25) is 0 Å². The van der Waals surface area contributed by atoms with Gasteiger partial charge in [-0.25, -0.2) is 9.18 Å². The maximum atomic E-state index is 13.6. The number of benzene rings is 2. The van der Waals surface area contributed by atoms with E-state index in [0.717, 1.165) is 5.56 Å². The van der Waals surface area contributed by atoms with Crippen LogP contribution in [0.2, 0.25) is 0 Å². The Morgan fingerprint density at radius 3 is 2.65 bits per heavy atom. The van der Waals surface area contributed by atoms with Crippen LogP contribution in [-0.4, -0.2) is 13.1 Å². The molecule has 0 atom stereocenters. The van der Waals surface area contributed by atoms with Gasteiger partial charge in [0.25, 0.3) is 0 Å². The quantitative estimate of drug-likeness (QED) is 0.689. The van der Waals surface area contributed by atoms with E-state index in [-0.39, 0.29) is 17.0 Å². The average molecular weight is 275 g/mol. The molecule has 0 saturated heterocycles. The third-order valence-corrected chi connectivity index (χ3v) is 2.74. The highest BCUT2D eigenvalue weighted by Crippen LogP contribution is 2.28. The minimum atomic E-state index is -0.572. The van der Waals surface area contributed by atoms with Crippen LogP contribution in [0.4, 0.5) is 10.1 Å². The summed E-state index contributed by atoms with van der Waals surface area (Å²) in [6, 6.07) is 9.03. The molecule has 2 aromatic rings. The van der Waals surface area contributed by atoms with Crippen molar-refractivity contribution in [2.24, 2.45) is 0 Å². The molecular weight excluding hydrogens is 261 g/mol. The van der Waals surface area contributed by atoms with Gasteiger partial charge in [-0.1, -0.05) is 6.07 Å². The van der Waals surface area contributed by atoms with Crippen LogP contribution in [0.1, 0.15) is 15.9 Å². The summed E-state index contributed by atoms with van der Waals surface area (Å²) in [6.45, 7) is 1.83. The molecule has 0 unspecified atom stereocenters. The van der Waals surface area contributed by atoms with Gasteiger partial charge in [-0.05, 0) is 42.8 Å². The monoisotopic (exact) mass is 275 g/mol. The molecule has 0 radical (unpaired) electrons. The van der Waals surface area contributed by atoms with Crippen LogP contribution in [0.25, 0.3) is 0 Å². The molecule has 2 N–H and O–H groups in total. The lowest BCUT2D eigenvalue weighted by molar-refractivity contribution is 0.0601. The Bertz CT molecular complexity index is 656. The Morgan fingerprint density at radius 1 is 1.20 bits per heavy atom. The van der Waals surface area contributed by atoms with Crippen molar-refractivity contribution in [1.29, 1.82) is 0 Å².